The van der Waals surface area contributed by atoms with E-state index in [1.807, 2.05) is 18.0 Å². The van der Waals surface area contributed by atoms with Crippen LogP contribution in [0.3, 0.4) is 0 Å². The molecule has 1 heterocycles. The van der Waals surface area contributed by atoms with Crippen LogP contribution in [-0.2, 0) is 20.2 Å². The lowest BCUT2D eigenvalue weighted by molar-refractivity contribution is 0.0551. The average molecular weight is 393 g/mol. The molecule has 6 heteroatoms. The minimum Gasteiger partial charge on any atom is -0.392 e. The molecule has 5 nitrogen and oxygen atoms in total. The fourth-order valence-electron chi connectivity index (χ4n) is 3.66. The molecule has 1 saturated carbocycles. The first-order valence-electron chi connectivity index (χ1n) is 9.82. The molecule has 3 aromatic rings. The van der Waals surface area contributed by atoms with Gasteiger partial charge in [0.05, 0.1) is 12.9 Å². The quantitative estimate of drug-likeness (QED) is 0.691. The third-order valence-corrected chi connectivity index (χ3v) is 5.50. The van der Waals surface area contributed by atoms with Crippen molar-refractivity contribution in [2.75, 3.05) is 0 Å². The van der Waals surface area contributed by atoms with E-state index in [0.717, 1.165) is 30.4 Å². The molecule has 0 saturated heterocycles. The Morgan fingerprint density at radius 1 is 1.24 bits per heavy atom. The van der Waals surface area contributed by atoms with E-state index >= 15 is 0 Å². The summed E-state index contributed by atoms with van der Waals surface area (Å²) in [6.45, 7) is 0.316. The zero-order valence-electron chi connectivity index (χ0n) is 16.4. The van der Waals surface area contributed by atoms with Gasteiger partial charge in [0, 0.05) is 31.4 Å². The summed E-state index contributed by atoms with van der Waals surface area (Å²) in [6, 6.07) is 12.4. The molecule has 1 aliphatic carbocycles. The van der Waals surface area contributed by atoms with Crippen molar-refractivity contribution in [1.82, 2.24) is 14.5 Å². The van der Waals surface area contributed by atoms with E-state index in [1.54, 1.807) is 47.4 Å². The van der Waals surface area contributed by atoms with Gasteiger partial charge in [0.25, 0.3) is 5.91 Å². The number of aromatic nitrogens is 2. The van der Waals surface area contributed by atoms with E-state index in [4.69, 9.17) is 0 Å². The van der Waals surface area contributed by atoms with E-state index in [0.29, 0.717) is 23.4 Å². The first-order valence-corrected chi connectivity index (χ1v) is 9.82. The molecule has 29 heavy (non-hydrogen) atoms. The van der Waals surface area contributed by atoms with Crippen molar-refractivity contribution in [2.24, 2.45) is 7.05 Å². The Bertz CT molecular complexity index is 1030. The standard InChI is InChI=1S/C23H24FN3O2/c1-26-13-22(25-15-26)23(29)27(19-6-3-7-19)12-16-8-9-21(24)20(11-16)18-5-2-4-17(10-18)14-28/h2,4-5,8-11,13,15,19,28H,3,6-7,12,14H2,1H3. The highest BCUT2D eigenvalue weighted by Gasteiger charge is 2.30. The van der Waals surface area contributed by atoms with Crippen LogP contribution in [0, 0.1) is 5.82 Å². The number of nitrogens with zero attached hydrogens (tertiary/aromatic N) is 3. The zero-order valence-corrected chi connectivity index (χ0v) is 16.4. The maximum Gasteiger partial charge on any atom is 0.274 e. The summed E-state index contributed by atoms with van der Waals surface area (Å²) in [7, 11) is 1.84. The number of carbonyl (C=O) groups is 1. The van der Waals surface area contributed by atoms with Gasteiger partial charge in [-0.15, -0.1) is 0 Å². The molecule has 1 N–H and O–H groups in total. The van der Waals surface area contributed by atoms with Gasteiger partial charge in [-0.1, -0.05) is 24.3 Å². The second kappa shape index (κ2) is 8.17. The molecular formula is C23H24FN3O2. The van der Waals surface area contributed by atoms with Crippen LogP contribution in [0.1, 0.15) is 40.9 Å². The smallest absolute Gasteiger partial charge is 0.274 e. The Labute approximate surface area is 169 Å². The van der Waals surface area contributed by atoms with E-state index < -0.39 is 0 Å². The molecule has 0 spiro atoms. The molecule has 4 rings (SSSR count). The Hall–Kier alpha value is -2.99. The highest BCUT2D eigenvalue weighted by Crippen LogP contribution is 2.30. The number of amides is 1. The minimum atomic E-state index is -0.324. The van der Waals surface area contributed by atoms with Gasteiger partial charge in [-0.3, -0.25) is 4.79 Å². The maximum absolute atomic E-state index is 14.5. The van der Waals surface area contributed by atoms with Crippen LogP contribution in [0.2, 0.25) is 0 Å². The Morgan fingerprint density at radius 3 is 2.72 bits per heavy atom. The molecule has 1 amide bonds. The Morgan fingerprint density at radius 2 is 2.07 bits per heavy atom. The average Bonchev–Trinajstić information content (AvgIpc) is 3.13. The summed E-state index contributed by atoms with van der Waals surface area (Å²) in [5.74, 6) is -0.418. The van der Waals surface area contributed by atoms with Crippen molar-refractivity contribution in [3.05, 3.63) is 77.6 Å². The van der Waals surface area contributed by atoms with Crippen LogP contribution in [0.15, 0.2) is 55.0 Å². The third kappa shape index (κ3) is 4.07. The molecule has 1 fully saturated rings. The molecular weight excluding hydrogens is 369 g/mol. The van der Waals surface area contributed by atoms with Crippen LogP contribution < -0.4 is 0 Å². The van der Waals surface area contributed by atoms with E-state index in [2.05, 4.69) is 4.98 Å². The SMILES string of the molecule is Cn1cnc(C(=O)N(Cc2ccc(F)c(-c3cccc(CO)c3)c2)C2CCC2)c1. The van der Waals surface area contributed by atoms with Crippen molar-refractivity contribution in [2.45, 2.75) is 38.5 Å². The molecule has 0 unspecified atom stereocenters. The first kappa shape index (κ1) is 19.3. The Kier molecular flexibility index (Phi) is 5.45. The lowest BCUT2D eigenvalue weighted by atomic mass is 9.90. The van der Waals surface area contributed by atoms with Gasteiger partial charge >= 0.3 is 0 Å². The van der Waals surface area contributed by atoms with Crippen molar-refractivity contribution < 1.29 is 14.3 Å². The van der Waals surface area contributed by atoms with Gasteiger partial charge in [-0.25, -0.2) is 9.37 Å². The number of benzene rings is 2. The molecule has 1 aliphatic rings. The molecule has 1 aromatic heterocycles. The molecule has 0 radical (unpaired) electrons. The van der Waals surface area contributed by atoms with Crippen molar-refractivity contribution >= 4 is 5.91 Å². The second-order valence-corrected chi connectivity index (χ2v) is 7.61. The maximum atomic E-state index is 14.5. The number of hydrogen-bond donors (Lipinski definition) is 1. The van der Waals surface area contributed by atoms with Crippen LogP contribution >= 0.6 is 0 Å². The number of aliphatic hydroxyl groups is 1. The lowest BCUT2D eigenvalue weighted by Gasteiger charge is -2.37. The van der Waals surface area contributed by atoms with Crippen LogP contribution in [0.4, 0.5) is 4.39 Å². The predicted octanol–water partition coefficient (Wildman–Crippen LogP) is 3.91. The van der Waals surface area contributed by atoms with Gasteiger partial charge in [0.1, 0.15) is 11.5 Å². The number of aryl methyl sites for hydroxylation is 1. The summed E-state index contributed by atoms with van der Waals surface area (Å²) >= 11 is 0. The number of imidazole rings is 1. The summed E-state index contributed by atoms with van der Waals surface area (Å²) in [6.07, 6.45) is 6.41. The van der Waals surface area contributed by atoms with Crippen LogP contribution in [-0.4, -0.2) is 31.5 Å². The van der Waals surface area contributed by atoms with E-state index in [-0.39, 0.29) is 24.4 Å². The third-order valence-electron chi connectivity index (χ3n) is 5.50. The van der Waals surface area contributed by atoms with Gasteiger partial charge in [-0.05, 0) is 54.2 Å². The fraction of sp³-hybridized carbons (Fsp3) is 0.304. The van der Waals surface area contributed by atoms with Crippen molar-refractivity contribution in [3.8, 4) is 11.1 Å². The van der Waals surface area contributed by atoms with E-state index in [1.165, 1.54) is 6.07 Å². The number of rotatable bonds is 6. The van der Waals surface area contributed by atoms with Gasteiger partial charge in [0.15, 0.2) is 0 Å². The van der Waals surface area contributed by atoms with Crippen LogP contribution in [0.5, 0.6) is 0 Å². The predicted molar refractivity (Wildman–Crippen MR) is 108 cm³/mol. The van der Waals surface area contributed by atoms with Crippen LogP contribution in [0.25, 0.3) is 11.1 Å². The number of halogens is 1. The molecule has 150 valence electrons. The second-order valence-electron chi connectivity index (χ2n) is 7.61. The lowest BCUT2D eigenvalue weighted by Crippen LogP contribution is -2.43. The largest absolute Gasteiger partial charge is 0.392 e. The topological polar surface area (TPSA) is 58.4 Å². The van der Waals surface area contributed by atoms with Gasteiger partial charge in [0.2, 0.25) is 0 Å². The summed E-state index contributed by atoms with van der Waals surface area (Å²) < 4.78 is 16.3. The first-order chi connectivity index (χ1) is 14.0. The summed E-state index contributed by atoms with van der Waals surface area (Å²) in [5.41, 5.74) is 3.21. The minimum absolute atomic E-state index is 0.0940. The highest BCUT2D eigenvalue weighted by molar-refractivity contribution is 5.92. The molecule has 0 bridgehead atoms. The van der Waals surface area contributed by atoms with Crippen molar-refractivity contribution in [1.29, 1.82) is 0 Å². The van der Waals surface area contributed by atoms with Gasteiger partial charge < -0.3 is 14.6 Å². The van der Waals surface area contributed by atoms with E-state index in [9.17, 15) is 14.3 Å². The Balaban J connectivity index is 1.63. The summed E-state index contributed by atoms with van der Waals surface area (Å²) in [4.78, 5) is 19.1. The number of aliphatic hydroxyl groups excluding tert-OH is 1. The highest BCUT2D eigenvalue weighted by atomic mass is 19.1. The normalized spacial score (nSPS) is 13.9. The van der Waals surface area contributed by atoms with Gasteiger partial charge in [-0.2, -0.15) is 0 Å². The molecule has 0 atom stereocenters. The monoisotopic (exact) mass is 393 g/mol. The molecule has 2 aromatic carbocycles. The number of hydrogen-bond acceptors (Lipinski definition) is 3. The zero-order chi connectivity index (χ0) is 20.4. The number of carbonyl (C=O) groups excluding carboxylic acids is 1. The van der Waals surface area contributed by atoms with Crippen molar-refractivity contribution in [3.63, 3.8) is 0 Å². The molecule has 0 aliphatic heterocycles. The summed E-state index contributed by atoms with van der Waals surface area (Å²) in [5, 5.41) is 9.37. The fourth-order valence-corrected chi connectivity index (χ4v) is 3.66.